The van der Waals surface area contributed by atoms with E-state index in [1.807, 2.05) is 0 Å². The van der Waals surface area contributed by atoms with Gasteiger partial charge in [-0.15, -0.1) is 0 Å². The van der Waals surface area contributed by atoms with Crippen molar-refractivity contribution in [3.63, 3.8) is 0 Å². The van der Waals surface area contributed by atoms with Crippen LogP contribution in [0.5, 0.6) is 0 Å². The van der Waals surface area contributed by atoms with Crippen LogP contribution in [0.1, 0.15) is 16.1 Å². The molecule has 92 valence electrons. The summed E-state index contributed by atoms with van der Waals surface area (Å²) in [6.07, 6.45) is 1.28. The lowest BCUT2D eigenvalue weighted by Gasteiger charge is -2.03. The lowest BCUT2D eigenvalue weighted by Crippen LogP contribution is -2.38. The van der Waals surface area contributed by atoms with Gasteiger partial charge in [0.1, 0.15) is 18.6 Å². The summed E-state index contributed by atoms with van der Waals surface area (Å²) >= 11 is 0. The number of furan rings is 1. The molecule has 7 heteroatoms. The largest absolute Gasteiger partial charge is 0.480 e. The molecule has 0 bridgehead atoms. The number of aliphatic carboxylic acids is 1. The lowest BCUT2D eigenvalue weighted by atomic mass is 10.3. The molecule has 1 rings (SSSR count). The molecule has 1 heterocycles. The van der Waals surface area contributed by atoms with Crippen LogP contribution in [0.15, 0.2) is 16.7 Å². The Labute approximate surface area is 96.8 Å². The van der Waals surface area contributed by atoms with E-state index in [2.05, 4.69) is 10.6 Å². The summed E-state index contributed by atoms with van der Waals surface area (Å²) in [7, 11) is 0. The molecule has 0 aliphatic rings. The third kappa shape index (κ3) is 4.37. The van der Waals surface area contributed by atoms with Crippen molar-refractivity contribution in [3.8, 4) is 0 Å². The van der Waals surface area contributed by atoms with E-state index < -0.39 is 24.3 Å². The van der Waals surface area contributed by atoms with Crippen LogP contribution in [0.2, 0.25) is 0 Å². The fourth-order valence-electron chi connectivity index (χ4n) is 1.06. The van der Waals surface area contributed by atoms with E-state index in [-0.39, 0.29) is 6.54 Å². The molecule has 0 unspecified atom stereocenters. The van der Waals surface area contributed by atoms with E-state index in [0.29, 0.717) is 11.3 Å². The first-order valence-corrected chi connectivity index (χ1v) is 4.81. The van der Waals surface area contributed by atoms with Crippen LogP contribution in [0.25, 0.3) is 0 Å². The van der Waals surface area contributed by atoms with Crippen LogP contribution in [-0.4, -0.2) is 36.0 Å². The topological polar surface area (TPSA) is 109 Å². The summed E-state index contributed by atoms with van der Waals surface area (Å²) in [5.41, 5.74) is 0.313. The Morgan fingerprint density at radius 2 is 2.00 bits per heavy atom. The molecular weight excluding hydrogens is 228 g/mol. The van der Waals surface area contributed by atoms with Crippen LogP contribution in [0, 0.1) is 6.92 Å². The smallest absolute Gasteiger partial charge is 0.322 e. The van der Waals surface area contributed by atoms with Gasteiger partial charge < -0.3 is 20.2 Å². The van der Waals surface area contributed by atoms with Crippen molar-refractivity contribution in [1.82, 2.24) is 10.6 Å². The molecule has 0 radical (unpaired) electrons. The number of hydrogen-bond acceptors (Lipinski definition) is 4. The third-order valence-corrected chi connectivity index (χ3v) is 1.84. The normalized spacial score (nSPS) is 9.71. The summed E-state index contributed by atoms with van der Waals surface area (Å²) in [5.74, 6) is -1.58. The van der Waals surface area contributed by atoms with Gasteiger partial charge in [-0.3, -0.25) is 14.4 Å². The molecule has 2 amide bonds. The molecule has 0 saturated heterocycles. The van der Waals surface area contributed by atoms with Crippen LogP contribution in [0.3, 0.4) is 0 Å². The molecule has 0 atom stereocenters. The molecule has 17 heavy (non-hydrogen) atoms. The minimum absolute atomic E-state index is 0.281. The van der Waals surface area contributed by atoms with Gasteiger partial charge >= 0.3 is 5.97 Å². The highest BCUT2D eigenvalue weighted by atomic mass is 16.4. The van der Waals surface area contributed by atoms with Gasteiger partial charge in [0.25, 0.3) is 5.91 Å². The van der Waals surface area contributed by atoms with Crippen LogP contribution in [0.4, 0.5) is 0 Å². The van der Waals surface area contributed by atoms with Crippen molar-refractivity contribution < 1.29 is 23.9 Å². The standard InChI is InChI=1S/C10H12N2O5/c1-6-2-7(5-17-6)10(16)12-3-8(13)11-4-9(14)15/h2,5H,3-4H2,1H3,(H,11,13)(H,12,16)(H,14,15). The fourth-order valence-corrected chi connectivity index (χ4v) is 1.06. The number of amides is 2. The lowest BCUT2D eigenvalue weighted by molar-refractivity contribution is -0.137. The quantitative estimate of drug-likeness (QED) is 0.644. The summed E-state index contributed by atoms with van der Waals surface area (Å²) in [6, 6.07) is 1.53. The number of hydrogen-bond donors (Lipinski definition) is 3. The van der Waals surface area contributed by atoms with Crippen molar-refractivity contribution in [2.45, 2.75) is 6.92 Å². The summed E-state index contributed by atoms with van der Waals surface area (Å²) in [4.78, 5) is 32.7. The van der Waals surface area contributed by atoms with E-state index >= 15 is 0 Å². The molecule has 1 aromatic heterocycles. The van der Waals surface area contributed by atoms with Gasteiger partial charge in [0.2, 0.25) is 5.91 Å². The maximum absolute atomic E-state index is 11.4. The molecule has 0 aliphatic carbocycles. The summed E-state index contributed by atoms with van der Waals surface area (Å²) < 4.78 is 4.93. The Hall–Kier alpha value is -2.31. The third-order valence-electron chi connectivity index (χ3n) is 1.84. The molecule has 0 aliphatic heterocycles. The van der Waals surface area contributed by atoms with E-state index in [0.717, 1.165) is 0 Å². The molecule has 0 spiro atoms. The Balaban J connectivity index is 2.33. The average Bonchev–Trinajstić information content (AvgIpc) is 2.70. The number of rotatable bonds is 5. The van der Waals surface area contributed by atoms with Crippen LogP contribution in [-0.2, 0) is 9.59 Å². The molecule has 7 nitrogen and oxygen atoms in total. The number of carbonyl (C=O) groups excluding carboxylic acids is 2. The van der Waals surface area contributed by atoms with E-state index in [1.165, 1.54) is 12.3 Å². The van der Waals surface area contributed by atoms with Crippen molar-refractivity contribution in [2.24, 2.45) is 0 Å². The van der Waals surface area contributed by atoms with Crippen molar-refractivity contribution in [1.29, 1.82) is 0 Å². The second-order valence-electron chi connectivity index (χ2n) is 3.30. The van der Waals surface area contributed by atoms with Crippen LogP contribution >= 0.6 is 0 Å². The zero-order valence-corrected chi connectivity index (χ0v) is 9.15. The zero-order chi connectivity index (χ0) is 12.8. The second-order valence-corrected chi connectivity index (χ2v) is 3.30. The van der Waals surface area contributed by atoms with Crippen molar-refractivity contribution in [2.75, 3.05) is 13.1 Å². The summed E-state index contributed by atoms with van der Waals surface area (Å²) in [5, 5.41) is 12.8. The Bertz CT molecular complexity index is 438. The second kappa shape index (κ2) is 5.69. The van der Waals surface area contributed by atoms with Gasteiger partial charge in [-0.25, -0.2) is 0 Å². The minimum atomic E-state index is -1.14. The minimum Gasteiger partial charge on any atom is -0.480 e. The monoisotopic (exact) mass is 240 g/mol. The van der Waals surface area contributed by atoms with Crippen LogP contribution < -0.4 is 10.6 Å². The van der Waals surface area contributed by atoms with E-state index in [4.69, 9.17) is 9.52 Å². The first-order chi connectivity index (χ1) is 7.99. The van der Waals surface area contributed by atoms with Gasteiger partial charge in [-0.2, -0.15) is 0 Å². The summed E-state index contributed by atoms with van der Waals surface area (Å²) in [6.45, 7) is 0.937. The van der Waals surface area contributed by atoms with Gasteiger partial charge in [-0.05, 0) is 13.0 Å². The number of carboxylic acid groups (broad SMARTS) is 1. The predicted octanol–water partition coefficient (Wildman–Crippen LogP) is -0.481. The highest BCUT2D eigenvalue weighted by Crippen LogP contribution is 2.05. The van der Waals surface area contributed by atoms with Gasteiger partial charge in [0.15, 0.2) is 0 Å². The highest BCUT2D eigenvalue weighted by Gasteiger charge is 2.10. The zero-order valence-electron chi connectivity index (χ0n) is 9.15. The molecule has 0 fully saturated rings. The highest BCUT2D eigenvalue weighted by molar-refractivity contribution is 5.96. The number of carbonyl (C=O) groups is 3. The maximum Gasteiger partial charge on any atom is 0.322 e. The first kappa shape index (κ1) is 12.8. The maximum atomic E-state index is 11.4. The predicted molar refractivity (Wildman–Crippen MR) is 56.4 cm³/mol. The molecular formula is C10H12N2O5. The SMILES string of the molecule is Cc1cc(C(=O)NCC(=O)NCC(=O)O)co1. The number of aryl methyl sites for hydroxylation is 1. The fraction of sp³-hybridized carbons (Fsp3) is 0.300. The molecule has 0 aromatic carbocycles. The average molecular weight is 240 g/mol. The Morgan fingerprint density at radius 3 is 2.53 bits per heavy atom. The van der Waals surface area contributed by atoms with E-state index in [9.17, 15) is 14.4 Å². The number of nitrogens with one attached hydrogen (secondary N) is 2. The number of carboxylic acids is 1. The van der Waals surface area contributed by atoms with Crippen molar-refractivity contribution >= 4 is 17.8 Å². The molecule has 0 saturated carbocycles. The first-order valence-electron chi connectivity index (χ1n) is 4.81. The van der Waals surface area contributed by atoms with Gasteiger partial charge in [0, 0.05) is 0 Å². The van der Waals surface area contributed by atoms with E-state index in [1.54, 1.807) is 6.92 Å². The Kier molecular flexibility index (Phi) is 4.27. The van der Waals surface area contributed by atoms with Gasteiger partial charge in [0.05, 0.1) is 12.1 Å². The van der Waals surface area contributed by atoms with Gasteiger partial charge in [-0.1, -0.05) is 0 Å². The van der Waals surface area contributed by atoms with Crippen molar-refractivity contribution in [3.05, 3.63) is 23.7 Å². The molecule has 3 N–H and O–H groups in total. The Morgan fingerprint density at radius 1 is 1.29 bits per heavy atom. The molecule has 1 aromatic rings.